The fourth-order valence-electron chi connectivity index (χ4n) is 2.75. The number of pyridine rings is 1. The van der Waals surface area contributed by atoms with Gasteiger partial charge in [0.15, 0.2) is 0 Å². The molecule has 4 aromatic rings. The molecule has 27 heavy (non-hydrogen) atoms. The molecule has 4 rings (SSSR count). The van der Waals surface area contributed by atoms with Crippen molar-refractivity contribution in [2.75, 3.05) is 0 Å². The number of allylic oxidation sites excluding steroid dienone is 2. The topological polar surface area (TPSA) is 50.2 Å². The van der Waals surface area contributed by atoms with Crippen LogP contribution >= 0.6 is 0 Å². The molecule has 0 aliphatic carbocycles. The summed E-state index contributed by atoms with van der Waals surface area (Å²) in [5.41, 5.74) is 3.06. The van der Waals surface area contributed by atoms with Crippen molar-refractivity contribution in [1.29, 1.82) is 0 Å². The Morgan fingerprint density at radius 3 is 2.15 bits per heavy atom. The molecule has 4 heteroatoms. The van der Waals surface area contributed by atoms with E-state index in [-0.39, 0.29) is 25.9 Å². The molecule has 0 atom stereocenters. The molecule has 1 N–H and O–H groups in total. The molecule has 137 valence electrons. The molecule has 0 bridgehead atoms. The van der Waals surface area contributed by atoms with Crippen LogP contribution in [-0.4, -0.2) is 16.4 Å². The van der Waals surface area contributed by atoms with Crippen LogP contribution in [0.15, 0.2) is 84.6 Å². The molecule has 0 amide bonds. The molecule has 1 heterocycles. The van der Waals surface area contributed by atoms with Crippen LogP contribution in [0.5, 0.6) is 0 Å². The molecule has 0 unspecified atom stereocenters. The number of nitrogens with zero attached hydrogens (tertiary/aromatic N) is 1. The first-order valence-corrected chi connectivity index (χ1v) is 8.26. The Bertz CT molecular complexity index is 1070. The van der Waals surface area contributed by atoms with Crippen LogP contribution in [0, 0.1) is 6.07 Å². The number of benzene rings is 3. The summed E-state index contributed by atoms with van der Waals surface area (Å²) in [4.78, 5) is 14.2. The number of carbonyl (C=O) groups is 1. The van der Waals surface area contributed by atoms with Gasteiger partial charge in [-0.3, -0.25) is 9.78 Å². The molecule has 1 aromatic heterocycles. The van der Waals surface area contributed by atoms with E-state index in [1.54, 1.807) is 0 Å². The largest absolute Gasteiger partial charge is 0.512 e. The van der Waals surface area contributed by atoms with Gasteiger partial charge >= 0.3 is 0 Å². The maximum atomic E-state index is 9.38. The third-order valence-corrected chi connectivity index (χ3v) is 3.88. The maximum absolute atomic E-state index is 9.38. The van der Waals surface area contributed by atoms with Gasteiger partial charge in [0.2, 0.25) is 0 Å². The Morgan fingerprint density at radius 1 is 0.926 bits per heavy atom. The first-order chi connectivity index (χ1) is 12.7. The normalized spacial score (nSPS) is 10.6. The smallest absolute Gasteiger partial charge is 0.146 e. The van der Waals surface area contributed by atoms with Crippen molar-refractivity contribution < 1.29 is 30.0 Å². The second-order valence-electron chi connectivity index (χ2n) is 5.74. The van der Waals surface area contributed by atoms with Crippen LogP contribution in [0.2, 0.25) is 0 Å². The number of para-hydroxylation sites is 1. The number of carbonyl (C=O) groups excluding carboxylic acids is 1. The summed E-state index contributed by atoms with van der Waals surface area (Å²) in [5.74, 6) is 0.0463. The summed E-state index contributed by atoms with van der Waals surface area (Å²) < 4.78 is 0. The van der Waals surface area contributed by atoms with Gasteiger partial charge in [-0.1, -0.05) is 42.5 Å². The average Bonchev–Trinajstić information content (AvgIpc) is 2.68. The van der Waals surface area contributed by atoms with Gasteiger partial charge in [0.05, 0.1) is 11.3 Å². The fourth-order valence-corrected chi connectivity index (χ4v) is 2.75. The van der Waals surface area contributed by atoms with E-state index in [1.165, 1.54) is 23.1 Å². The third kappa shape index (κ3) is 4.88. The molecule has 0 aliphatic rings. The molecule has 0 aliphatic heterocycles. The van der Waals surface area contributed by atoms with Gasteiger partial charge < -0.3 is 5.11 Å². The van der Waals surface area contributed by atoms with Crippen LogP contribution in [0.4, 0.5) is 0 Å². The van der Waals surface area contributed by atoms with Crippen molar-refractivity contribution in [3.05, 3.63) is 90.7 Å². The number of hydrogen-bond acceptors (Lipinski definition) is 3. The number of aliphatic hydroxyl groups excluding tert-OH is 1. The molecule has 0 fully saturated rings. The predicted octanol–water partition coefficient (Wildman–Crippen LogP) is 5.50. The quantitative estimate of drug-likeness (QED) is 0.122. The van der Waals surface area contributed by atoms with Crippen LogP contribution in [0.1, 0.15) is 6.92 Å². The number of aliphatic hydroxyl groups is 1. The summed E-state index contributed by atoms with van der Waals surface area (Å²) in [6.07, 6.45) is 1.62. The third-order valence-electron chi connectivity index (χ3n) is 3.88. The van der Waals surface area contributed by atoms with Gasteiger partial charge in [0.25, 0.3) is 0 Å². The Labute approximate surface area is 171 Å². The number of hydrogen-bond donors (Lipinski definition) is 1. The number of aromatic nitrogens is 1. The SMILES string of the molecule is CC(O)=CC=O.[Ir].[c-]1ccccc1-c1nc2ccccc2c2ccccc12. The van der Waals surface area contributed by atoms with Crippen LogP contribution in [0.3, 0.4) is 0 Å². The molecular formula is C23H18IrNO2-. The van der Waals surface area contributed by atoms with E-state index in [0.717, 1.165) is 22.9 Å². The molecule has 1 radical (unpaired) electrons. The molecule has 3 aromatic carbocycles. The maximum Gasteiger partial charge on any atom is 0.146 e. The standard InChI is InChI=1S/C19H12N.C4H6O2.Ir/c1-2-8-14(9-3-1)19-17-12-5-4-10-15(17)16-11-6-7-13-18(16)20-19;1-4(6)2-3-5;/h1-8,10-13H;2-3,6H,1H3;/q-1;;. The van der Waals surface area contributed by atoms with Gasteiger partial charge in [-0.15, -0.1) is 35.9 Å². The minimum atomic E-state index is 0. The number of rotatable bonds is 2. The first kappa shape index (κ1) is 20.5. The minimum absolute atomic E-state index is 0. The first-order valence-electron chi connectivity index (χ1n) is 8.26. The average molecular weight is 533 g/mol. The summed E-state index contributed by atoms with van der Waals surface area (Å²) in [6, 6.07) is 28.0. The monoisotopic (exact) mass is 533 g/mol. The Hall–Kier alpha value is -2.81. The zero-order chi connectivity index (χ0) is 18.4. The van der Waals surface area contributed by atoms with Gasteiger partial charge in [-0.2, -0.15) is 0 Å². The van der Waals surface area contributed by atoms with E-state index in [0.29, 0.717) is 6.29 Å². The molecule has 3 nitrogen and oxygen atoms in total. The summed E-state index contributed by atoms with van der Waals surface area (Å²) in [7, 11) is 0. The van der Waals surface area contributed by atoms with Crippen LogP contribution < -0.4 is 0 Å². The summed E-state index contributed by atoms with van der Waals surface area (Å²) in [5, 5.41) is 11.8. The summed E-state index contributed by atoms with van der Waals surface area (Å²) >= 11 is 0. The molecule has 0 spiro atoms. The Morgan fingerprint density at radius 2 is 1.56 bits per heavy atom. The van der Waals surface area contributed by atoms with Crippen LogP contribution in [-0.2, 0) is 24.9 Å². The second-order valence-corrected chi connectivity index (χ2v) is 5.74. The minimum Gasteiger partial charge on any atom is -0.512 e. The van der Waals surface area contributed by atoms with E-state index >= 15 is 0 Å². The zero-order valence-electron chi connectivity index (χ0n) is 14.7. The molecule has 0 saturated heterocycles. The van der Waals surface area contributed by atoms with Gasteiger partial charge in [-0.05, 0) is 29.5 Å². The van der Waals surface area contributed by atoms with Crippen molar-refractivity contribution in [3.63, 3.8) is 0 Å². The van der Waals surface area contributed by atoms with E-state index in [1.807, 2.05) is 24.3 Å². The van der Waals surface area contributed by atoms with Gasteiger partial charge in [-0.25, -0.2) is 0 Å². The van der Waals surface area contributed by atoms with Crippen molar-refractivity contribution in [2.45, 2.75) is 6.92 Å². The van der Waals surface area contributed by atoms with E-state index in [2.05, 4.69) is 54.6 Å². The predicted molar refractivity (Wildman–Crippen MR) is 106 cm³/mol. The van der Waals surface area contributed by atoms with Crippen molar-refractivity contribution in [3.8, 4) is 11.3 Å². The van der Waals surface area contributed by atoms with Crippen LogP contribution in [0.25, 0.3) is 32.9 Å². The second kappa shape index (κ2) is 9.77. The Kier molecular flexibility index (Phi) is 7.42. The fraction of sp³-hybridized carbons (Fsp3) is 0.0435. The van der Waals surface area contributed by atoms with E-state index < -0.39 is 0 Å². The van der Waals surface area contributed by atoms with Crippen molar-refractivity contribution >= 4 is 28.0 Å². The van der Waals surface area contributed by atoms with Crippen molar-refractivity contribution in [2.24, 2.45) is 0 Å². The molecular weight excluding hydrogens is 514 g/mol. The number of aldehydes is 1. The summed E-state index contributed by atoms with van der Waals surface area (Å²) in [6.45, 7) is 1.44. The van der Waals surface area contributed by atoms with Gasteiger partial charge in [0, 0.05) is 31.6 Å². The van der Waals surface area contributed by atoms with E-state index in [9.17, 15) is 4.79 Å². The Balaban J connectivity index is 0.000000329. The number of fused-ring (bicyclic) bond motifs is 3. The van der Waals surface area contributed by atoms with E-state index in [4.69, 9.17) is 10.1 Å². The van der Waals surface area contributed by atoms with Crippen molar-refractivity contribution in [1.82, 2.24) is 4.98 Å². The van der Waals surface area contributed by atoms with Gasteiger partial charge in [0.1, 0.15) is 6.29 Å². The zero-order valence-corrected chi connectivity index (χ0v) is 17.1. The molecule has 0 saturated carbocycles.